The molecule has 2 amide bonds. The Kier molecular flexibility index (Phi) is 7.16. The monoisotopic (exact) mass is 498 g/mol. The van der Waals surface area contributed by atoms with E-state index < -0.39 is 10.8 Å². The van der Waals surface area contributed by atoms with E-state index in [1.807, 2.05) is 12.1 Å². The summed E-state index contributed by atoms with van der Waals surface area (Å²) >= 11 is 0. The van der Waals surface area contributed by atoms with Crippen LogP contribution in [0.15, 0.2) is 66.7 Å². The van der Waals surface area contributed by atoms with Crippen molar-refractivity contribution in [1.29, 1.82) is 0 Å². The lowest BCUT2D eigenvalue weighted by Gasteiger charge is -2.32. The highest BCUT2D eigenvalue weighted by atomic mass is 16.6. The van der Waals surface area contributed by atoms with Gasteiger partial charge in [0.15, 0.2) is 0 Å². The van der Waals surface area contributed by atoms with Gasteiger partial charge in [0.1, 0.15) is 0 Å². The lowest BCUT2D eigenvalue weighted by atomic mass is 9.95. The molecule has 37 heavy (non-hydrogen) atoms. The molecule has 1 fully saturated rings. The van der Waals surface area contributed by atoms with E-state index >= 15 is 0 Å². The molecule has 190 valence electrons. The fourth-order valence-corrected chi connectivity index (χ4v) is 5.22. The second-order valence-corrected chi connectivity index (χ2v) is 9.74. The number of anilines is 2. The Morgan fingerprint density at radius 3 is 2.35 bits per heavy atom. The van der Waals surface area contributed by atoms with Gasteiger partial charge in [-0.15, -0.1) is 0 Å². The van der Waals surface area contributed by atoms with E-state index in [4.69, 9.17) is 0 Å². The summed E-state index contributed by atoms with van der Waals surface area (Å²) in [5.41, 5.74) is 4.68. The highest BCUT2D eigenvalue weighted by Crippen LogP contribution is 2.30. The minimum absolute atomic E-state index is 0.0781. The van der Waals surface area contributed by atoms with Crippen molar-refractivity contribution < 1.29 is 14.5 Å². The predicted octanol–water partition coefficient (Wildman–Crippen LogP) is 5.47. The minimum atomic E-state index is -0.503. The number of benzene rings is 3. The molecule has 1 aliphatic carbocycles. The van der Waals surface area contributed by atoms with Crippen LogP contribution in [0.3, 0.4) is 0 Å². The van der Waals surface area contributed by atoms with E-state index in [0.717, 1.165) is 44.3 Å². The number of hydrogen-bond donors (Lipinski definition) is 2. The van der Waals surface area contributed by atoms with Crippen LogP contribution in [0.5, 0.6) is 0 Å². The van der Waals surface area contributed by atoms with Crippen molar-refractivity contribution in [2.24, 2.45) is 0 Å². The number of nitro groups is 1. The molecule has 3 aromatic carbocycles. The van der Waals surface area contributed by atoms with Crippen molar-refractivity contribution in [3.05, 3.63) is 99.1 Å². The van der Waals surface area contributed by atoms with Crippen LogP contribution in [0.1, 0.15) is 63.9 Å². The van der Waals surface area contributed by atoms with Gasteiger partial charge < -0.3 is 15.5 Å². The van der Waals surface area contributed by atoms with Gasteiger partial charge >= 0.3 is 0 Å². The van der Waals surface area contributed by atoms with Crippen LogP contribution in [-0.2, 0) is 13.0 Å². The first-order valence-electron chi connectivity index (χ1n) is 12.8. The smallest absolute Gasteiger partial charge is 0.269 e. The molecule has 1 saturated carbocycles. The second kappa shape index (κ2) is 10.8. The van der Waals surface area contributed by atoms with Crippen LogP contribution in [-0.4, -0.2) is 29.3 Å². The number of amides is 2. The molecule has 1 aliphatic heterocycles. The summed E-state index contributed by atoms with van der Waals surface area (Å²) in [6.45, 7) is 1.52. The number of non-ortho nitro benzene ring substituents is 1. The van der Waals surface area contributed by atoms with Gasteiger partial charge in [0.05, 0.1) is 10.5 Å². The van der Waals surface area contributed by atoms with Crippen molar-refractivity contribution in [2.45, 2.75) is 51.1 Å². The van der Waals surface area contributed by atoms with Crippen molar-refractivity contribution >= 4 is 28.9 Å². The molecule has 3 aromatic rings. The molecule has 2 N–H and O–H groups in total. The first-order valence-corrected chi connectivity index (χ1v) is 12.8. The highest BCUT2D eigenvalue weighted by molar-refractivity contribution is 6.06. The summed E-state index contributed by atoms with van der Waals surface area (Å²) in [6.07, 6.45) is 6.30. The Hall–Kier alpha value is -4.20. The van der Waals surface area contributed by atoms with Crippen LogP contribution in [0, 0.1) is 10.1 Å². The average molecular weight is 499 g/mol. The molecule has 0 aromatic heterocycles. The maximum absolute atomic E-state index is 13.5. The van der Waals surface area contributed by atoms with Gasteiger partial charge in [-0.05, 0) is 60.7 Å². The maximum atomic E-state index is 13.5. The van der Waals surface area contributed by atoms with E-state index in [9.17, 15) is 19.7 Å². The Labute approximate surface area is 215 Å². The van der Waals surface area contributed by atoms with Crippen LogP contribution in [0.25, 0.3) is 0 Å². The van der Waals surface area contributed by atoms with Crippen LogP contribution < -0.4 is 15.5 Å². The van der Waals surface area contributed by atoms with Gasteiger partial charge in [-0.2, -0.15) is 0 Å². The number of nitrogens with one attached hydrogen (secondary N) is 2. The zero-order chi connectivity index (χ0) is 25.8. The van der Waals surface area contributed by atoms with Crippen LogP contribution in [0.2, 0.25) is 0 Å². The number of rotatable bonds is 6. The number of nitro benzene ring substituents is 1. The average Bonchev–Trinajstić information content (AvgIpc) is 2.93. The standard InChI is InChI=1S/C29H30N4O4/c34-28(21-10-13-25(14-11-21)33(36)37)31-24-12-15-27(32-17-16-20-6-4-5-7-22(20)19-32)26(18-24)29(35)30-23-8-2-1-3-9-23/h4-7,10-15,18,23H,1-3,8-9,16-17,19H2,(H,30,35)(H,31,34). The quantitative estimate of drug-likeness (QED) is 0.346. The van der Waals surface area contributed by atoms with Crippen molar-refractivity contribution in [3.8, 4) is 0 Å². The summed E-state index contributed by atoms with van der Waals surface area (Å²) < 4.78 is 0. The number of carbonyl (C=O) groups is 2. The summed E-state index contributed by atoms with van der Waals surface area (Å²) in [5.74, 6) is -0.527. The van der Waals surface area contributed by atoms with E-state index in [0.29, 0.717) is 23.4 Å². The first-order chi connectivity index (χ1) is 18.0. The molecule has 5 rings (SSSR count). The Morgan fingerprint density at radius 2 is 1.62 bits per heavy atom. The van der Waals surface area contributed by atoms with Gasteiger partial charge in [0.25, 0.3) is 17.5 Å². The Bertz CT molecular complexity index is 1320. The lowest BCUT2D eigenvalue weighted by molar-refractivity contribution is -0.384. The third-order valence-electron chi connectivity index (χ3n) is 7.25. The van der Waals surface area contributed by atoms with Gasteiger partial charge in [-0.3, -0.25) is 19.7 Å². The molecule has 1 heterocycles. The molecule has 0 radical (unpaired) electrons. The minimum Gasteiger partial charge on any atom is -0.366 e. The highest BCUT2D eigenvalue weighted by Gasteiger charge is 2.24. The third kappa shape index (κ3) is 5.63. The van der Waals surface area contributed by atoms with Gasteiger partial charge in [-0.25, -0.2) is 0 Å². The van der Waals surface area contributed by atoms with Crippen LogP contribution >= 0.6 is 0 Å². The Morgan fingerprint density at radius 1 is 0.892 bits per heavy atom. The molecule has 0 bridgehead atoms. The number of carbonyl (C=O) groups excluding carboxylic acids is 2. The lowest BCUT2D eigenvalue weighted by Crippen LogP contribution is -2.38. The molecule has 0 atom stereocenters. The SMILES string of the molecule is O=C(Nc1ccc(N2CCc3ccccc3C2)c(C(=O)NC2CCCCC2)c1)c1ccc([N+](=O)[O-])cc1. The number of hydrogen-bond acceptors (Lipinski definition) is 5. The second-order valence-electron chi connectivity index (χ2n) is 9.74. The van der Waals surface area contributed by atoms with E-state index in [1.54, 1.807) is 12.1 Å². The topological polar surface area (TPSA) is 105 Å². The van der Waals surface area contributed by atoms with Crippen molar-refractivity contribution in [1.82, 2.24) is 5.32 Å². The number of fused-ring (bicyclic) bond motifs is 1. The fourth-order valence-electron chi connectivity index (χ4n) is 5.22. The maximum Gasteiger partial charge on any atom is 0.269 e. The van der Waals surface area contributed by atoms with Gasteiger partial charge in [0, 0.05) is 48.2 Å². The fraction of sp³-hybridized carbons (Fsp3) is 0.310. The van der Waals surface area contributed by atoms with Gasteiger partial charge in [-0.1, -0.05) is 43.5 Å². The Balaban J connectivity index is 1.40. The molecular weight excluding hydrogens is 468 g/mol. The molecule has 2 aliphatic rings. The van der Waals surface area contributed by atoms with E-state index in [1.165, 1.54) is 41.8 Å². The summed E-state index contributed by atoms with van der Waals surface area (Å²) in [7, 11) is 0. The largest absolute Gasteiger partial charge is 0.366 e. The molecule has 0 unspecified atom stereocenters. The summed E-state index contributed by atoms with van der Waals surface area (Å²) in [5, 5.41) is 17.0. The first kappa shape index (κ1) is 24.5. The third-order valence-corrected chi connectivity index (χ3v) is 7.25. The zero-order valence-corrected chi connectivity index (χ0v) is 20.6. The normalized spacial score (nSPS) is 15.5. The van der Waals surface area contributed by atoms with E-state index in [2.05, 4.69) is 33.7 Å². The van der Waals surface area contributed by atoms with Gasteiger partial charge in [0.2, 0.25) is 0 Å². The zero-order valence-electron chi connectivity index (χ0n) is 20.6. The molecule has 0 saturated heterocycles. The molecule has 8 heteroatoms. The molecule has 8 nitrogen and oxygen atoms in total. The molecule has 0 spiro atoms. The van der Waals surface area contributed by atoms with Crippen LogP contribution in [0.4, 0.5) is 17.1 Å². The summed E-state index contributed by atoms with van der Waals surface area (Å²) in [4.78, 5) is 39.0. The van der Waals surface area contributed by atoms with E-state index in [-0.39, 0.29) is 17.6 Å². The van der Waals surface area contributed by atoms with Crippen molar-refractivity contribution in [2.75, 3.05) is 16.8 Å². The summed E-state index contributed by atoms with van der Waals surface area (Å²) in [6, 6.07) is 19.4. The molecular formula is C29H30N4O4. The predicted molar refractivity (Wildman–Crippen MR) is 143 cm³/mol. The number of nitrogens with zero attached hydrogens (tertiary/aromatic N) is 2. The van der Waals surface area contributed by atoms with Crippen molar-refractivity contribution in [3.63, 3.8) is 0 Å².